The van der Waals surface area contributed by atoms with Crippen molar-refractivity contribution in [3.63, 3.8) is 0 Å². The van der Waals surface area contributed by atoms with Crippen molar-refractivity contribution in [2.45, 2.75) is 24.3 Å². The number of esters is 1. The monoisotopic (exact) mass is 566 g/mol. The average molecular weight is 567 g/mol. The van der Waals surface area contributed by atoms with Crippen LogP contribution < -0.4 is 5.14 Å². The molecule has 0 aliphatic carbocycles. The number of sulfonamides is 1. The molecule has 1 aromatic heterocycles. The molecule has 0 aliphatic rings. The van der Waals surface area contributed by atoms with Gasteiger partial charge in [-0.15, -0.1) is 0 Å². The van der Waals surface area contributed by atoms with Crippen LogP contribution in [0.4, 0.5) is 0 Å². The van der Waals surface area contributed by atoms with E-state index in [0.717, 1.165) is 5.56 Å². The number of primary sulfonamides is 1. The van der Waals surface area contributed by atoms with Crippen LogP contribution in [0, 0.1) is 0 Å². The summed E-state index contributed by atoms with van der Waals surface area (Å²) in [5, 5.41) is 9.48. The van der Waals surface area contributed by atoms with Crippen LogP contribution in [0.15, 0.2) is 119 Å². The molecule has 0 saturated carbocycles. The van der Waals surface area contributed by atoms with Crippen LogP contribution in [0.1, 0.15) is 40.1 Å². The van der Waals surface area contributed by atoms with Crippen molar-refractivity contribution in [3.8, 4) is 22.4 Å². The van der Waals surface area contributed by atoms with Gasteiger partial charge in [0.1, 0.15) is 5.69 Å². The third-order valence-electron chi connectivity index (χ3n) is 6.67. The van der Waals surface area contributed by atoms with Gasteiger partial charge in [-0.05, 0) is 36.2 Å². The molecule has 206 valence electrons. The van der Waals surface area contributed by atoms with Gasteiger partial charge in [-0.2, -0.15) is 0 Å². The first-order chi connectivity index (χ1) is 19.7. The molecule has 5 rings (SSSR count). The zero-order valence-corrected chi connectivity index (χ0v) is 22.9. The fraction of sp³-hybridized carbons (Fsp3) is 0.0938. The topological polar surface area (TPSA) is 130 Å². The fourth-order valence-corrected chi connectivity index (χ4v) is 4.94. The largest absolute Gasteiger partial charge is 0.457 e. The molecule has 0 amide bonds. The van der Waals surface area contributed by atoms with Gasteiger partial charge in [0, 0.05) is 16.7 Å². The van der Waals surface area contributed by atoms with Crippen molar-refractivity contribution < 1.29 is 27.3 Å². The first kappa shape index (κ1) is 27.7. The van der Waals surface area contributed by atoms with Crippen molar-refractivity contribution in [2.24, 2.45) is 5.14 Å². The Kier molecular flexibility index (Phi) is 7.91. The van der Waals surface area contributed by atoms with Gasteiger partial charge in [0.15, 0.2) is 18.2 Å². The van der Waals surface area contributed by atoms with E-state index in [1.807, 2.05) is 36.4 Å². The summed E-state index contributed by atoms with van der Waals surface area (Å²) >= 11 is 0. The third-order valence-corrected chi connectivity index (χ3v) is 7.59. The fourth-order valence-electron chi connectivity index (χ4n) is 4.43. The number of rotatable bonds is 9. The number of nitrogens with two attached hydrogens (primary N) is 1. The lowest BCUT2D eigenvalue weighted by Gasteiger charge is -2.13. The third kappa shape index (κ3) is 6.16. The highest BCUT2D eigenvalue weighted by Crippen LogP contribution is 2.35. The predicted molar refractivity (Wildman–Crippen MR) is 153 cm³/mol. The van der Waals surface area contributed by atoms with Crippen LogP contribution in [0.5, 0.6) is 0 Å². The average Bonchev–Trinajstić information content (AvgIpc) is 3.43. The van der Waals surface area contributed by atoms with E-state index < -0.39 is 21.9 Å². The van der Waals surface area contributed by atoms with E-state index in [1.165, 1.54) is 12.1 Å². The Balaban J connectivity index is 1.39. The minimum absolute atomic E-state index is 0.0336. The van der Waals surface area contributed by atoms with E-state index in [4.69, 9.17) is 14.4 Å². The summed E-state index contributed by atoms with van der Waals surface area (Å²) in [5.41, 5.74) is 4.13. The molecule has 1 unspecified atom stereocenters. The van der Waals surface area contributed by atoms with Gasteiger partial charge in [0.05, 0.1) is 16.4 Å². The molecule has 0 fully saturated rings. The molecule has 5 aromatic rings. The normalized spacial score (nSPS) is 12.0. The summed E-state index contributed by atoms with van der Waals surface area (Å²) in [6, 6.07) is 31.1. The molecular formula is C32H26N2O6S. The Morgan fingerprint density at radius 1 is 0.829 bits per heavy atom. The van der Waals surface area contributed by atoms with E-state index in [2.05, 4.69) is 5.16 Å². The summed E-state index contributed by atoms with van der Waals surface area (Å²) in [7, 11) is -3.87. The maximum Gasteiger partial charge on any atom is 0.313 e. The minimum atomic E-state index is -3.87. The summed E-state index contributed by atoms with van der Waals surface area (Å²) in [6.07, 6.45) is 0. The highest BCUT2D eigenvalue weighted by Gasteiger charge is 2.24. The second-order valence-corrected chi connectivity index (χ2v) is 11.0. The lowest BCUT2D eigenvalue weighted by atomic mass is 9.96. The van der Waals surface area contributed by atoms with Crippen LogP contribution >= 0.6 is 0 Å². The Morgan fingerprint density at radius 3 is 2.12 bits per heavy atom. The van der Waals surface area contributed by atoms with Crippen LogP contribution in [0.3, 0.4) is 0 Å². The molecule has 0 radical (unpaired) electrons. The zero-order chi connectivity index (χ0) is 29.0. The van der Waals surface area contributed by atoms with Gasteiger partial charge in [-0.1, -0.05) is 96.2 Å². The lowest BCUT2D eigenvalue weighted by Crippen LogP contribution is -2.14. The highest BCUT2D eigenvalue weighted by molar-refractivity contribution is 7.89. The van der Waals surface area contributed by atoms with Crippen LogP contribution in [0.2, 0.25) is 0 Å². The van der Waals surface area contributed by atoms with Gasteiger partial charge in [-0.25, -0.2) is 13.6 Å². The lowest BCUT2D eigenvalue weighted by molar-refractivity contribution is -0.147. The second kappa shape index (κ2) is 11.7. The summed E-state index contributed by atoms with van der Waals surface area (Å²) < 4.78 is 34.8. The van der Waals surface area contributed by atoms with Crippen molar-refractivity contribution in [1.82, 2.24) is 5.16 Å². The number of ether oxygens (including phenoxy) is 1. The molecule has 0 bridgehead atoms. The Morgan fingerprint density at radius 2 is 1.46 bits per heavy atom. The standard InChI is InChI=1S/C32H26N2O6S/c1-21(25-13-8-14-26(19-25)31(35)24-11-6-3-7-12-24)32(36)39-20-28-29(22-15-17-27(18-16-22)41(33,37)38)30(34-40-28)23-9-4-2-5-10-23/h2-19,21H,20H2,1H3,(H2,33,37,38). The van der Waals surface area contributed by atoms with Crippen molar-refractivity contribution in [2.75, 3.05) is 0 Å². The molecular weight excluding hydrogens is 540 g/mol. The first-order valence-electron chi connectivity index (χ1n) is 12.8. The van der Waals surface area contributed by atoms with Crippen molar-refractivity contribution >= 4 is 21.8 Å². The van der Waals surface area contributed by atoms with E-state index in [9.17, 15) is 18.0 Å². The maximum absolute atomic E-state index is 13.1. The Bertz CT molecular complexity index is 1800. The molecule has 1 atom stereocenters. The van der Waals surface area contributed by atoms with Crippen LogP contribution in [-0.2, 0) is 26.2 Å². The smallest absolute Gasteiger partial charge is 0.313 e. The number of aromatic nitrogens is 1. The van der Waals surface area contributed by atoms with E-state index in [1.54, 1.807) is 67.6 Å². The summed E-state index contributed by atoms with van der Waals surface area (Å²) in [6.45, 7) is 1.50. The minimum Gasteiger partial charge on any atom is -0.457 e. The number of carbonyl (C=O) groups is 2. The molecule has 0 aliphatic heterocycles. The molecule has 2 N–H and O–H groups in total. The first-order valence-corrected chi connectivity index (χ1v) is 14.3. The van der Waals surface area contributed by atoms with E-state index in [-0.39, 0.29) is 17.3 Å². The van der Waals surface area contributed by atoms with Gasteiger partial charge in [0.25, 0.3) is 0 Å². The van der Waals surface area contributed by atoms with Crippen molar-refractivity contribution in [1.29, 1.82) is 0 Å². The molecule has 4 aromatic carbocycles. The summed E-state index contributed by atoms with van der Waals surface area (Å²) in [5.74, 6) is -1.02. The number of hydrogen-bond acceptors (Lipinski definition) is 7. The van der Waals surface area contributed by atoms with Gasteiger partial charge < -0.3 is 9.26 Å². The molecule has 41 heavy (non-hydrogen) atoms. The SMILES string of the molecule is CC(C(=O)OCc1onc(-c2ccccc2)c1-c1ccc(S(N)(=O)=O)cc1)c1cccc(C(=O)c2ccccc2)c1. The number of carbonyl (C=O) groups excluding carboxylic acids is 2. The summed E-state index contributed by atoms with van der Waals surface area (Å²) in [4.78, 5) is 26.0. The van der Waals surface area contributed by atoms with Gasteiger partial charge in [0.2, 0.25) is 10.0 Å². The van der Waals surface area contributed by atoms with Gasteiger partial charge >= 0.3 is 5.97 Å². The quantitative estimate of drug-likeness (QED) is 0.178. The Hall–Kier alpha value is -4.86. The van der Waals surface area contributed by atoms with Crippen molar-refractivity contribution in [3.05, 3.63) is 132 Å². The number of hydrogen-bond donors (Lipinski definition) is 1. The number of nitrogens with zero attached hydrogens (tertiary/aromatic N) is 1. The van der Waals surface area contributed by atoms with Crippen LogP contribution in [0.25, 0.3) is 22.4 Å². The zero-order valence-electron chi connectivity index (χ0n) is 22.1. The molecule has 8 nitrogen and oxygen atoms in total. The van der Waals surface area contributed by atoms with E-state index >= 15 is 0 Å². The van der Waals surface area contributed by atoms with Crippen LogP contribution in [-0.4, -0.2) is 25.3 Å². The Labute approximate surface area is 237 Å². The maximum atomic E-state index is 13.1. The molecule has 0 spiro atoms. The predicted octanol–water partition coefficient (Wildman–Crippen LogP) is 5.73. The number of benzene rings is 4. The second-order valence-electron chi connectivity index (χ2n) is 9.41. The highest BCUT2D eigenvalue weighted by atomic mass is 32.2. The van der Waals surface area contributed by atoms with Gasteiger partial charge in [-0.3, -0.25) is 9.59 Å². The molecule has 0 saturated heterocycles. The molecule has 1 heterocycles. The van der Waals surface area contributed by atoms with E-state index in [0.29, 0.717) is 39.3 Å². The number of ketones is 1. The molecule has 9 heteroatoms.